The van der Waals surface area contributed by atoms with Gasteiger partial charge < -0.3 is 4.74 Å². The molecule has 0 N–H and O–H groups in total. The first kappa shape index (κ1) is 43.3. The molecule has 0 saturated heterocycles. The lowest BCUT2D eigenvalue weighted by molar-refractivity contribution is 0.417. The minimum Gasteiger partial charge on any atom is -0.456 e. The summed E-state index contributed by atoms with van der Waals surface area (Å²) in [5, 5.41) is 0. The van der Waals surface area contributed by atoms with Crippen molar-refractivity contribution < 1.29 is 4.74 Å². The fourth-order valence-electron chi connectivity index (χ4n) is 11.5. The first-order valence-corrected chi connectivity index (χ1v) is 25.0. The maximum absolute atomic E-state index is 7.39. The number of aromatic nitrogens is 3. The number of ether oxygens (including phenoxy) is 1. The van der Waals surface area contributed by atoms with E-state index in [1.54, 1.807) is 0 Å². The van der Waals surface area contributed by atoms with E-state index in [-0.39, 0.29) is 5.41 Å². The standard InChI is InChI=1S/C68H53N3O/c1-67(2,3)53-38-39-54-65(72-60-40-37-50(42-55(60)68(54,4)5)70-58-35-20-21-36-59(58)71-57-34-19-18-33-56(57)69-66(70)71)63(53)48-31-22-32-49(41-48)64-61(46-27-14-8-15-28-46)51(44-23-10-6-11-24-44)43-52(45-25-12-7-13-26-45)62(64)47-29-16-9-17-30-47/h6-43H,1-5H3. The fourth-order valence-corrected chi connectivity index (χ4v) is 11.5. The van der Waals surface area contributed by atoms with Crippen LogP contribution in [0.5, 0.6) is 11.5 Å². The van der Waals surface area contributed by atoms with Gasteiger partial charge in [-0.05, 0) is 127 Å². The third kappa shape index (κ3) is 6.93. The molecule has 0 fully saturated rings. The smallest absolute Gasteiger partial charge is 0.220 e. The van der Waals surface area contributed by atoms with Crippen LogP contribution in [0.15, 0.2) is 231 Å². The van der Waals surface area contributed by atoms with E-state index >= 15 is 0 Å². The largest absolute Gasteiger partial charge is 0.456 e. The van der Waals surface area contributed by atoms with Gasteiger partial charge in [-0.25, -0.2) is 4.98 Å². The van der Waals surface area contributed by atoms with Gasteiger partial charge in [-0.3, -0.25) is 8.97 Å². The van der Waals surface area contributed by atoms with Gasteiger partial charge in [0.15, 0.2) is 0 Å². The van der Waals surface area contributed by atoms with E-state index in [9.17, 15) is 0 Å². The summed E-state index contributed by atoms with van der Waals surface area (Å²) in [6, 6.07) is 83.7. The van der Waals surface area contributed by atoms with E-state index in [1.807, 2.05) is 0 Å². The predicted molar refractivity (Wildman–Crippen MR) is 299 cm³/mol. The Morgan fingerprint density at radius 2 is 0.931 bits per heavy atom. The van der Waals surface area contributed by atoms with E-state index in [1.165, 1.54) is 44.5 Å². The quantitative estimate of drug-likeness (QED) is 0.159. The van der Waals surface area contributed by atoms with Gasteiger partial charge in [-0.2, -0.15) is 0 Å². The second-order valence-corrected chi connectivity index (χ2v) is 20.7. The number of hydrogen-bond acceptors (Lipinski definition) is 2. The van der Waals surface area contributed by atoms with Gasteiger partial charge >= 0.3 is 0 Å². The van der Waals surface area contributed by atoms with Crippen LogP contribution in [-0.2, 0) is 10.8 Å². The summed E-state index contributed by atoms with van der Waals surface area (Å²) in [6.45, 7) is 11.6. The zero-order valence-electron chi connectivity index (χ0n) is 41.2. The second-order valence-electron chi connectivity index (χ2n) is 20.7. The van der Waals surface area contributed by atoms with Crippen molar-refractivity contribution in [2.45, 2.75) is 45.4 Å². The van der Waals surface area contributed by atoms with E-state index in [0.29, 0.717) is 0 Å². The fraction of sp³-hybridized carbons (Fsp3) is 0.103. The molecule has 10 aromatic carbocycles. The molecule has 0 radical (unpaired) electrons. The summed E-state index contributed by atoms with van der Waals surface area (Å²) in [6.07, 6.45) is 0. The van der Waals surface area contributed by atoms with Gasteiger partial charge in [0.25, 0.3) is 0 Å². The Bertz CT molecular complexity index is 3940. The molecule has 0 atom stereocenters. The first-order valence-electron chi connectivity index (χ1n) is 25.0. The SMILES string of the molecule is CC(C)(C)c1ccc2c(c1-c1cccc(-c3c(-c4ccccc4)c(-c4ccccc4)cc(-c4ccccc4)c3-c3ccccc3)c1)Oc1ccc(-n3c4ccccc4n4c5ccccc5nc34)cc1C2(C)C. The Balaban J connectivity index is 1.04. The number of imidazole rings is 2. The van der Waals surface area contributed by atoms with Gasteiger partial charge in [-0.15, -0.1) is 0 Å². The van der Waals surface area contributed by atoms with Crippen molar-refractivity contribution in [2.24, 2.45) is 0 Å². The molecule has 0 amide bonds. The van der Waals surface area contributed by atoms with Crippen molar-refractivity contribution >= 4 is 27.8 Å². The van der Waals surface area contributed by atoms with Crippen molar-refractivity contribution in [3.05, 3.63) is 247 Å². The summed E-state index contributed by atoms with van der Waals surface area (Å²) < 4.78 is 12.0. The monoisotopic (exact) mass is 927 g/mol. The van der Waals surface area contributed by atoms with E-state index in [0.717, 1.165) is 84.0 Å². The minimum absolute atomic E-state index is 0.204. The number of hydrogen-bond donors (Lipinski definition) is 0. The highest BCUT2D eigenvalue weighted by Gasteiger charge is 2.38. The van der Waals surface area contributed by atoms with Gasteiger partial charge in [0.1, 0.15) is 11.5 Å². The average molecular weight is 928 g/mol. The van der Waals surface area contributed by atoms with Crippen LogP contribution in [0.25, 0.3) is 100 Å². The van der Waals surface area contributed by atoms with E-state index < -0.39 is 5.41 Å². The van der Waals surface area contributed by atoms with Crippen LogP contribution < -0.4 is 4.74 Å². The van der Waals surface area contributed by atoms with Gasteiger partial charge in [0.05, 0.1) is 22.1 Å². The van der Waals surface area contributed by atoms with Crippen molar-refractivity contribution in [3.8, 4) is 83.9 Å². The molecule has 346 valence electrons. The van der Waals surface area contributed by atoms with Crippen molar-refractivity contribution in [1.29, 1.82) is 0 Å². The Morgan fingerprint density at radius 3 is 1.53 bits per heavy atom. The molecule has 72 heavy (non-hydrogen) atoms. The molecule has 1 aliphatic heterocycles. The van der Waals surface area contributed by atoms with Crippen LogP contribution in [0.4, 0.5) is 0 Å². The Hall–Kier alpha value is -8.73. The van der Waals surface area contributed by atoms with Crippen molar-refractivity contribution in [2.75, 3.05) is 0 Å². The highest BCUT2D eigenvalue weighted by Crippen LogP contribution is 2.56. The third-order valence-electron chi connectivity index (χ3n) is 14.9. The number of benzene rings is 10. The molecule has 12 aromatic rings. The van der Waals surface area contributed by atoms with Gasteiger partial charge in [0, 0.05) is 27.8 Å². The lowest BCUT2D eigenvalue weighted by Gasteiger charge is -2.38. The highest BCUT2D eigenvalue weighted by molar-refractivity contribution is 6.08. The van der Waals surface area contributed by atoms with Crippen LogP contribution in [0, 0.1) is 0 Å². The molecule has 0 saturated carbocycles. The molecule has 4 nitrogen and oxygen atoms in total. The summed E-state index contributed by atoms with van der Waals surface area (Å²) in [7, 11) is 0. The Morgan fingerprint density at radius 1 is 0.417 bits per heavy atom. The molecule has 0 aliphatic carbocycles. The van der Waals surface area contributed by atoms with Crippen LogP contribution in [0.1, 0.15) is 51.3 Å². The molecule has 3 heterocycles. The van der Waals surface area contributed by atoms with Crippen LogP contribution in [0.3, 0.4) is 0 Å². The molecule has 4 heteroatoms. The van der Waals surface area contributed by atoms with Gasteiger partial charge in [0.2, 0.25) is 5.78 Å². The Labute approximate surface area is 421 Å². The normalized spacial score (nSPS) is 13.0. The predicted octanol–water partition coefficient (Wildman–Crippen LogP) is 18.2. The zero-order valence-corrected chi connectivity index (χ0v) is 41.2. The van der Waals surface area contributed by atoms with E-state index in [2.05, 4.69) is 274 Å². The van der Waals surface area contributed by atoms with E-state index in [4.69, 9.17) is 9.72 Å². The van der Waals surface area contributed by atoms with Crippen LogP contribution >= 0.6 is 0 Å². The van der Waals surface area contributed by atoms with Crippen LogP contribution in [0.2, 0.25) is 0 Å². The summed E-state index contributed by atoms with van der Waals surface area (Å²) in [5.41, 5.74) is 22.2. The van der Waals surface area contributed by atoms with Crippen LogP contribution in [-0.4, -0.2) is 14.0 Å². The zero-order chi connectivity index (χ0) is 48.7. The molecule has 0 bridgehead atoms. The maximum atomic E-state index is 7.39. The first-order chi connectivity index (χ1) is 35.1. The summed E-state index contributed by atoms with van der Waals surface area (Å²) in [5.74, 6) is 2.66. The van der Waals surface area contributed by atoms with Crippen molar-refractivity contribution in [1.82, 2.24) is 14.0 Å². The molecule has 13 rings (SSSR count). The highest BCUT2D eigenvalue weighted by atomic mass is 16.5. The minimum atomic E-state index is -0.420. The number of nitrogens with zero attached hydrogens (tertiary/aromatic N) is 3. The topological polar surface area (TPSA) is 31.5 Å². The Kier molecular flexibility index (Phi) is 10.1. The molecule has 0 spiro atoms. The maximum Gasteiger partial charge on any atom is 0.220 e. The van der Waals surface area contributed by atoms with Gasteiger partial charge in [-0.1, -0.05) is 211 Å². The van der Waals surface area contributed by atoms with Crippen molar-refractivity contribution in [3.63, 3.8) is 0 Å². The number of fused-ring (bicyclic) bond motifs is 7. The molecular formula is C68H53N3O. The lowest BCUT2D eigenvalue weighted by Crippen LogP contribution is -2.26. The molecule has 0 unspecified atom stereocenters. The average Bonchev–Trinajstić information content (AvgIpc) is 3.95. The number of para-hydroxylation sites is 4. The summed E-state index contributed by atoms with van der Waals surface area (Å²) >= 11 is 0. The lowest BCUT2D eigenvalue weighted by atomic mass is 9.72. The molecule has 1 aliphatic rings. The second kappa shape index (κ2) is 16.7. The summed E-state index contributed by atoms with van der Waals surface area (Å²) in [4.78, 5) is 5.20. The number of rotatable bonds is 7. The molecule has 2 aromatic heterocycles. The third-order valence-corrected chi connectivity index (χ3v) is 14.9. The molecular weight excluding hydrogens is 875 g/mol.